The van der Waals surface area contributed by atoms with E-state index in [2.05, 4.69) is 10.1 Å². The highest BCUT2D eigenvalue weighted by molar-refractivity contribution is 5.49. The molecule has 0 unspecified atom stereocenters. The van der Waals surface area contributed by atoms with E-state index in [4.69, 9.17) is 0 Å². The molecule has 2 aromatic rings. The summed E-state index contributed by atoms with van der Waals surface area (Å²) in [4.78, 5) is 0. The van der Waals surface area contributed by atoms with Gasteiger partial charge in [0.2, 0.25) is 0 Å². The van der Waals surface area contributed by atoms with E-state index in [0.717, 1.165) is 11.4 Å². The van der Waals surface area contributed by atoms with E-state index in [0.29, 0.717) is 5.56 Å². The third-order valence-electron chi connectivity index (χ3n) is 2.67. The lowest BCUT2D eigenvalue weighted by molar-refractivity contribution is -0.0502. The zero-order chi connectivity index (χ0) is 13.1. The fourth-order valence-corrected chi connectivity index (χ4v) is 1.68. The Morgan fingerprint density at radius 2 is 2.06 bits per heavy atom. The smallest absolute Gasteiger partial charge is 0.387 e. The van der Waals surface area contributed by atoms with Gasteiger partial charge in [0.05, 0.1) is 5.69 Å². The second-order valence-electron chi connectivity index (χ2n) is 3.89. The van der Waals surface area contributed by atoms with Crippen molar-refractivity contribution in [2.45, 2.75) is 13.5 Å². The van der Waals surface area contributed by atoms with Gasteiger partial charge in [-0.3, -0.25) is 0 Å². The Bertz CT molecular complexity index is 538. The van der Waals surface area contributed by atoms with Gasteiger partial charge in [0, 0.05) is 31.2 Å². The van der Waals surface area contributed by atoms with Gasteiger partial charge in [-0.25, -0.2) is 0 Å². The quantitative estimate of drug-likeness (QED) is 0.902. The Balaban J connectivity index is 2.33. The van der Waals surface area contributed by atoms with Gasteiger partial charge < -0.3 is 14.6 Å². The number of aryl methyl sites for hydroxylation is 1. The minimum Gasteiger partial charge on any atom is -0.434 e. The molecule has 0 aliphatic carbocycles. The average Bonchev–Trinajstić information content (AvgIpc) is 2.80. The molecule has 0 aliphatic heterocycles. The summed E-state index contributed by atoms with van der Waals surface area (Å²) >= 11 is 0. The lowest BCUT2D eigenvalue weighted by Crippen LogP contribution is -2.04. The van der Waals surface area contributed by atoms with Crippen LogP contribution in [0.3, 0.4) is 0 Å². The van der Waals surface area contributed by atoms with Gasteiger partial charge in [-0.15, -0.1) is 0 Å². The molecule has 2 rings (SSSR count). The third-order valence-corrected chi connectivity index (χ3v) is 2.67. The summed E-state index contributed by atoms with van der Waals surface area (Å²) in [5, 5.41) is 3.00. The van der Waals surface area contributed by atoms with Crippen LogP contribution in [-0.2, 0) is 0 Å². The number of nitrogens with one attached hydrogen (secondary N) is 1. The van der Waals surface area contributed by atoms with E-state index in [1.54, 1.807) is 19.1 Å². The SMILES string of the molecule is CNc1ccn(-c2ccc(C)c(OC(F)F)c2)c1. The molecule has 0 radical (unpaired) electrons. The van der Waals surface area contributed by atoms with E-state index in [9.17, 15) is 8.78 Å². The number of hydrogen-bond acceptors (Lipinski definition) is 2. The summed E-state index contributed by atoms with van der Waals surface area (Å²) in [6.07, 6.45) is 3.72. The Morgan fingerprint density at radius 1 is 1.28 bits per heavy atom. The highest BCUT2D eigenvalue weighted by Gasteiger charge is 2.09. The standard InChI is InChI=1S/C13H14F2N2O/c1-9-3-4-11(7-12(9)18-13(14)15)17-6-5-10(8-17)16-2/h3-8,13,16H,1-2H3. The molecule has 96 valence electrons. The maximum absolute atomic E-state index is 12.3. The molecular weight excluding hydrogens is 238 g/mol. The van der Waals surface area contributed by atoms with Crippen molar-refractivity contribution in [3.8, 4) is 11.4 Å². The molecule has 18 heavy (non-hydrogen) atoms. The predicted molar refractivity (Wildman–Crippen MR) is 66.7 cm³/mol. The molecule has 0 saturated carbocycles. The van der Waals surface area contributed by atoms with Gasteiger partial charge in [0.15, 0.2) is 0 Å². The predicted octanol–water partition coefficient (Wildman–Crippen LogP) is 3.43. The number of anilines is 1. The Morgan fingerprint density at radius 3 is 2.67 bits per heavy atom. The Hall–Kier alpha value is -2.04. The second kappa shape index (κ2) is 5.08. The number of alkyl halides is 2. The lowest BCUT2D eigenvalue weighted by Gasteiger charge is -2.10. The number of aromatic nitrogens is 1. The van der Waals surface area contributed by atoms with Crippen molar-refractivity contribution in [2.24, 2.45) is 0 Å². The van der Waals surface area contributed by atoms with Crippen LogP contribution < -0.4 is 10.1 Å². The molecule has 0 atom stereocenters. The second-order valence-corrected chi connectivity index (χ2v) is 3.89. The number of nitrogens with zero attached hydrogens (tertiary/aromatic N) is 1. The zero-order valence-electron chi connectivity index (χ0n) is 10.2. The molecular formula is C13H14F2N2O. The molecule has 0 fully saturated rings. The van der Waals surface area contributed by atoms with Crippen LogP contribution in [-0.4, -0.2) is 18.2 Å². The van der Waals surface area contributed by atoms with Crippen molar-refractivity contribution < 1.29 is 13.5 Å². The maximum atomic E-state index is 12.3. The first kappa shape index (κ1) is 12.4. The summed E-state index contributed by atoms with van der Waals surface area (Å²) in [5.41, 5.74) is 2.41. The fourth-order valence-electron chi connectivity index (χ4n) is 1.68. The van der Waals surface area contributed by atoms with Crippen LogP contribution in [0.25, 0.3) is 5.69 Å². The molecule has 0 amide bonds. The molecule has 0 saturated heterocycles. The Labute approximate surface area is 104 Å². The van der Waals surface area contributed by atoms with E-state index >= 15 is 0 Å². The minimum absolute atomic E-state index is 0.196. The lowest BCUT2D eigenvalue weighted by atomic mass is 10.2. The molecule has 1 N–H and O–H groups in total. The highest BCUT2D eigenvalue weighted by Crippen LogP contribution is 2.24. The van der Waals surface area contributed by atoms with Crippen molar-refractivity contribution in [1.82, 2.24) is 4.57 Å². The first-order valence-electron chi connectivity index (χ1n) is 5.51. The van der Waals surface area contributed by atoms with Gasteiger partial charge in [-0.2, -0.15) is 8.78 Å². The number of rotatable bonds is 4. The number of halogens is 2. The van der Waals surface area contributed by atoms with Crippen LogP contribution in [0.2, 0.25) is 0 Å². The maximum Gasteiger partial charge on any atom is 0.387 e. The Kier molecular flexibility index (Phi) is 3.50. The van der Waals surface area contributed by atoms with Gasteiger partial charge in [-0.1, -0.05) is 6.07 Å². The average molecular weight is 252 g/mol. The van der Waals surface area contributed by atoms with Gasteiger partial charge in [0.1, 0.15) is 5.75 Å². The number of ether oxygens (including phenoxy) is 1. The first-order valence-corrected chi connectivity index (χ1v) is 5.51. The van der Waals surface area contributed by atoms with Crippen LogP contribution in [0.1, 0.15) is 5.56 Å². The van der Waals surface area contributed by atoms with Crippen molar-refractivity contribution >= 4 is 5.69 Å². The van der Waals surface area contributed by atoms with E-state index < -0.39 is 6.61 Å². The topological polar surface area (TPSA) is 26.2 Å². The van der Waals surface area contributed by atoms with Crippen LogP contribution in [0.5, 0.6) is 5.75 Å². The van der Waals surface area contributed by atoms with E-state index in [-0.39, 0.29) is 5.75 Å². The summed E-state index contributed by atoms with van der Waals surface area (Å²) in [5.74, 6) is 0.196. The summed E-state index contributed by atoms with van der Waals surface area (Å²) in [7, 11) is 1.82. The van der Waals surface area contributed by atoms with Crippen molar-refractivity contribution in [3.05, 3.63) is 42.2 Å². The van der Waals surface area contributed by atoms with Crippen molar-refractivity contribution in [1.29, 1.82) is 0 Å². The molecule has 1 aromatic carbocycles. The van der Waals surface area contributed by atoms with Crippen LogP contribution in [0.15, 0.2) is 36.7 Å². The van der Waals surface area contributed by atoms with E-state index in [1.807, 2.05) is 36.1 Å². The third kappa shape index (κ3) is 2.61. The van der Waals surface area contributed by atoms with Gasteiger partial charge in [0.25, 0.3) is 0 Å². The van der Waals surface area contributed by atoms with Crippen LogP contribution in [0, 0.1) is 6.92 Å². The highest BCUT2D eigenvalue weighted by atomic mass is 19.3. The van der Waals surface area contributed by atoms with Gasteiger partial charge >= 0.3 is 6.61 Å². The summed E-state index contributed by atoms with van der Waals surface area (Å²) < 4.78 is 30.8. The normalized spacial score (nSPS) is 10.7. The fraction of sp³-hybridized carbons (Fsp3) is 0.231. The largest absolute Gasteiger partial charge is 0.434 e. The van der Waals surface area contributed by atoms with Gasteiger partial charge in [-0.05, 0) is 24.6 Å². The summed E-state index contributed by atoms with van der Waals surface area (Å²) in [6.45, 7) is -1.08. The molecule has 1 heterocycles. The summed E-state index contributed by atoms with van der Waals surface area (Å²) in [6, 6.07) is 7.10. The molecule has 5 heteroatoms. The molecule has 1 aromatic heterocycles. The van der Waals surface area contributed by atoms with E-state index in [1.165, 1.54) is 0 Å². The first-order chi connectivity index (χ1) is 8.60. The molecule has 0 aliphatic rings. The minimum atomic E-state index is -2.81. The van der Waals surface area contributed by atoms with Crippen molar-refractivity contribution in [2.75, 3.05) is 12.4 Å². The van der Waals surface area contributed by atoms with Crippen molar-refractivity contribution in [3.63, 3.8) is 0 Å². The molecule has 0 spiro atoms. The molecule has 3 nitrogen and oxygen atoms in total. The zero-order valence-corrected chi connectivity index (χ0v) is 10.2. The van der Waals surface area contributed by atoms with Crippen LogP contribution >= 0.6 is 0 Å². The monoisotopic (exact) mass is 252 g/mol. The number of benzene rings is 1. The molecule has 0 bridgehead atoms. The number of hydrogen-bond donors (Lipinski definition) is 1. The van der Waals surface area contributed by atoms with Crippen LogP contribution in [0.4, 0.5) is 14.5 Å².